The third-order valence-corrected chi connectivity index (χ3v) is 4.67. The summed E-state index contributed by atoms with van der Waals surface area (Å²) >= 11 is 1.60. The minimum absolute atomic E-state index is 0.108. The normalized spacial score (nSPS) is 11.0. The number of thiazole rings is 1. The Bertz CT molecular complexity index is 971. The molecule has 0 saturated carbocycles. The van der Waals surface area contributed by atoms with Crippen molar-refractivity contribution in [2.45, 2.75) is 6.54 Å². The van der Waals surface area contributed by atoms with Crippen LogP contribution >= 0.6 is 11.3 Å². The summed E-state index contributed by atoms with van der Waals surface area (Å²) in [5, 5.41) is 4.71. The van der Waals surface area contributed by atoms with E-state index in [1.54, 1.807) is 23.6 Å². The lowest BCUT2D eigenvalue weighted by atomic mass is 10.1. The monoisotopic (exact) mass is 319 g/mol. The van der Waals surface area contributed by atoms with Crippen molar-refractivity contribution in [3.05, 3.63) is 71.4 Å². The SMILES string of the molecule is O=C(NCc1nc2ccccc2s1)c1ccnc2ccccc12. The molecule has 1 N–H and O–H groups in total. The van der Waals surface area contributed by atoms with Gasteiger partial charge >= 0.3 is 0 Å². The van der Waals surface area contributed by atoms with Gasteiger partial charge in [0.05, 0.1) is 27.8 Å². The highest BCUT2D eigenvalue weighted by molar-refractivity contribution is 7.18. The highest BCUT2D eigenvalue weighted by Crippen LogP contribution is 2.21. The topological polar surface area (TPSA) is 54.9 Å². The van der Waals surface area contributed by atoms with Crippen molar-refractivity contribution in [2.24, 2.45) is 0 Å². The largest absolute Gasteiger partial charge is 0.346 e. The number of para-hydroxylation sites is 2. The Labute approximate surface area is 136 Å². The number of nitrogens with zero attached hydrogens (tertiary/aromatic N) is 2. The molecule has 4 rings (SSSR count). The minimum Gasteiger partial charge on any atom is -0.346 e. The van der Waals surface area contributed by atoms with Gasteiger partial charge in [0.25, 0.3) is 5.91 Å². The molecule has 0 saturated heterocycles. The van der Waals surface area contributed by atoms with Crippen molar-refractivity contribution in [2.75, 3.05) is 0 Å². The number of aromatic nitrogens is 2. The zero-order valence-electron chi connectivity index (χ0n) is 12.2. The van der Waals surface area contributed by atoms with Gasteiger partial charge in [0.15, 0.2) is 0 Å². The van der Waals surface area contributed by atoms with Crippen molar-refractivity contribution in [1.82, 2.24) is 15.3 Å². The summed E-state index contributed by atoms with van der Waals surface area (Å²) in [6.45, 7) is 0.425. The zero-order chi connectivity index (χ0) is 15.6. The summed E-state index contributed by atoms with van der Waals surface area (Å²) in [7, 11) is 0. The molecular formula is C18H13N3OS. The highest BCUT2D eigenvalue weighted by Gasteiger charge is 2.11. The van der Waals surface area contributed by atoms with Crippen molar-refractivity contribution >= 4 is 38.4 Å². The van der Waals surface area contributed by atoms with Gasteiger partial charge in [-0.2, -0.15) is 0 Å². The lowest BCUT2D eigenvalue weighted by molar-refractivity contribution is 0.0952. The average molecular weight is 319 g/mol. The average Bonchev–Trinajstić information content (AvgIpc) is 3.02. The third-order valence-electron chi connectivity index (χ3n) is 3.63. The Kier molecular flexibility index (Phi) is 3.48. The Morgan fingerprint density at radius 1 is 1.00 bits per heavy atom. The molecule has 1 amide bonds. The summed E-state index contributed by atoms with van der Waals surface area (Å²) in [6.07, 6.45) is 1.66. The van der Waals surface area contributed by atoms with Gasteiger partial charge in [0.1, 0.15) is 5.01 Å². The second-order valence-electron chi connectivity index (χ2n) is 5.13. The molecule has 2 heterocycles. The standard InChI is InChI=1S/C18H13N3OS/c22-18(13-9-10-19-14-6-2-1-5-12(13)14)20-11-17-21-15-7-3-4-8-16(15)23-17/h1-10H,11H2,(H,20,22). The van der Waals surface area contributed by atoms with Crippen molar-refractivity contribution in [3.63, 3.8) is 0 Å². The fraction of sp³-hybridized carbons (Fsp3) is 0.0556. The quantitative estimate of drug-likeness (QED) is 0.625. The Balaban J connectivity index is 1.57. The summed E-state index contributed by atoms with van der Waals surface area (Å²) in [5.74, 6) is -0.108. The Morgan fingerprint density at radius 2 is 1.78 bits per heavy atom. The van der Waals surface area contributed by atoms with E-state index in [2.05, 4.69) is 15.3 Å². The number of benzene rings is 2. The second kappa shape index (κ2) is 5.78. The van der Waals surface area contributed by atoms with Crippen molar-refractivity contribution in [3.8, 4) is 0 Å². The van der Waals surface area contributed by atoms with E-state index in [1.807, 2.05) is 48.5 Å². The lowest BCUT2D eigenvalue weighted by Gasteiger charge is -2.06. The van der Waals surface area contributed by atoms with Crippen LogP contribution in [-0.4, -0.2) is 15.9 Å². The minimum atomic E-state index is -0.108. The summed E-state index contributed by atoms with van der Waals surface area (Å²) in [4.78, 5) is 21.3. The number of rotatable bonds is 3. The van der Waals surface area contributed by atoms with Crippen LogP contribution < -0.4 is 5.32 Å². The summed E-state index contributed by atoms with van der Waals surface area (Å²) in [5.41, 5.74) is 2.42. The van der Waals surface area contributed by atoms with E-state index in [4.69, 9.17) is 0 Å². The van der Waals surface area contributed by atoms with Crippen LogP contribution in [0, 0.1) is 0 Å². The predicted molar refractivity (Wildman–Crippen MR) is 92.5 cm³/mol. The number of amides is 1. The number of carbonyl (C=O) groups is 1. The molecule has 2 aromatic carbocycles. The van der Waals surface area contributed by atoms with Gasteiger partial charge in [-0.15, -0.1) is 11.3 Å². The van der Waals surface area contributed by atoms with Gasteiger partial charge in [-0.05, 0) is 24.3 Å². The first kappa shape index (κ1) is 13.8. The van der Waals surface area contributed by atoms with Gasteiger partial charge < -0.3 is 5.32 Å². The first-order valence-electron chi connectivity index (χ1n) is 7.28. The number of hydrogen-bond acceptors (Lipinski definition) is 4. The van der Waals surface area contributed by atoms with Gasteiger partial charge in [-0.1, -0.05) is 30.3 Å². The smallest absolute Gasteiger partial charge is 0.252 e. The molecule has 0 radical (unpaired) electrons. The molecule has 0 aliphatic carbocycles. The fourth-order valence-electron chi connectivity index (χ4n) is 2.54. The maximum atomic E-state index is 12.5. The summed E-state index contributed by atoms with van der Waals surface area (Å²) in [6, 6.07) is 17.4. The molecule has 0 bridgehead atoms. The molecule has 2 aromatic heterocycles. The predicted octanol–water partition coefficient (Wildman–Crippen LogP) is 3.77. The van der Waals surface area contributed by atoms with Crippen LogP contribution in [0.3, 0.4) is 0 Å². The van der Waals surface area contributed by atoms with Gasteiger partial charge in [-0.3, -0.25) is 9.78 Å². The van der Waals surface area contributed by atoms with E-state index >= 15 is 0 Å². The van der Waals surface area contributed by atoms with Crippen molar-refractivity contribution < 1.29 is 4.79 Å². The molecular weight excluding hydrogens is 306 g/mol. The maximum absolute atomic E-state index is 12.5. The summed E-state index contributed by atoms with van der Waals surface area (Å²) < 4.78 is 1.13. The second-order valence-corrected chi connectivity index (χ2v) is 6.25. The van der Waals surface area contributed by atoms with E-state index in [-0.39, 0.29) is 5.91 Å². The van der Waals surface area contributed by atoms with Crippen LogP contribution in [-0.2, 0) is 6.54 Å². The van der Waals surface area contributed by atoms with Gasteiger partial charge in [-0.25, -0.2) is 4.98 Å². The van der Waals surface area contributed by atoms with E-state index in [0.29, 0.717) is 12.1 Å². The maximum Gasteiger partial charge on any atom is 0.252 e. The van der Waals surface area contributed by atoms with Crippen LogP contribution in [0.2, 0.25) is 0 Å². The molecule has 0 aliphatic heterocycles. The molecule has 0 atom stereocenters. The van der Waals surface area contributed by atoms with Crippen LogP contribution in [0.25, 0.3) is 21.1 Å². The highest BCUT2D eigenvalue weighted by atomic mass is 32.1. The lowest BCUT2D eigenvalue weighted by Crippen LogP contribution is -2.23. The molecule has 23 heavy (non-hydrogen) atoms. The molecule has 112 valence electrons. The van der Waals surface area contributed by atoms with Gasteiger partial charge in [0.2, 0.25) is 0 Å². The van der Waals surface area contributed by atoms with E-state index in [0.717, 1.165) is 26.1 Å². The Morgan fingerprint density at radius 3 is 2.65 bits per heavy atom. The van der Waals surface area contributed by atoms with Crippen LogP contribution in [0.5, 0.6) is 0 Å². The van der Waals surface area contributed by atoms with E-state index in [9.17, 15) is 4.79 Å². The first-order chi connectivity index (χ1) is 11.3. The number of nitrogens with one attached hydrogen (secondary N) is 1. The molecule has 4 aromatic rings. The fourth-order valence-corrected chi connectivity index (χ4v) is 3.45. The molecule has 4 nitrogen and oxygen atoms in total. The molecule has 0 aliphatic rings. The third kappa shape index (κ3) is 2.66. The van der Waals surface area contributed by atoms with Crippen LogP contribution in [0.4, 0.5) is 0 Å². The molecule has 0 unspecified atom stereocenters. The van der Waals surface area contributed by atoms with Gasteiger partial charge in [0, 0.05) is 11.6 Å². The van der Waals surface area contributed by atoms with Crippen molar-refractivity contribution in [1.29, 1.82) is 0 Å². The molecule has 5 heteroatoms. The number of hydrogen-bond donors (Lipinski definition) is 1. The van der Waals surface area contributed by atoms with E-state index < -0.39 is 0 Å². The van der Waals surface area contributed by atoms with Crippen LogP contribution in [0.1, 0.15) is 15.4 Å². The Hall–Kier alpha value is -2.79. The number of fused-ring (bicyclic) bond motifs is 2. The zero-order valence-corrected chi connectivity index (χ0v) is 13.0. The molecule has 0 fully saturated rings. The number of pyridine rings is 1. The van der Waals surface area contributed by atoms with Crippen LogP contribution in [0.15, 0.2) is 60.8 Å². The van der Waals surface area contributed by atoms with E-state index in [1.165, 1.54) is 0 Å². The molecule has 0 spiro atoms. The number of carbonyl (C=O) groups excluding carboxylic acids is 1. The first-order valence-corrected chi connectivity index (χ1v) is 8.09.